The van der Waals surface area contributed by atoms with Crippen molar-refractivity contribution in [2.75, 3.05) is 13.7 Å². The van der Waals surface area contributed by atoms with Gasteiger partial charge in [0.15, 0.2) is 0 Å². The van der Waals surface area contributed by atoms with Crippen molar-refractivity contribution in [1.29, 1.82) is 0 Å². The molecule has 96 valence electrons. The van der Waals surface area contributed by atoms with Gasteiger partial charge in [-0.05, 0) is 30.9 Å². The molecule has 0 amide bonds. The fourth-order valence-corrected chi connectivity index (χ4v) is 2.16. The summed E-state index contributed by atoms with van der Waals surface area (Å²) in [5, 5.41) is 0. The minimum atomic E-state index is -0.361. The summed E-state index contributed by atoms with van der Waals surface area (Å²) >= 11 is 0. The zero-order valence-electron chi connectivity index (χ0n) is 10.5. The summed E-state index contributed by atoms with van der Waals surface area (Å²) in [7, 11) is 1.36. The average Bonchev–Trinajstić information content (AvgIpc) is 3.18. The highest BCUT2D eigenvalue weighted by atomic mass is 16.5. The molecule has 18 heavy (non-hydrogen) atoms. The first kappa shape index (κ1) is 12.6. The SMILES string of the molecule is CCOC(=O)[C@@H]1C[C@H]1c1ccccc1C(=O)OC. The maximum atomic E-state index is 11.6. The summed E-state index contributed by atoms with van der Waals surface area (Å²) in [4.78, 5) is 23.2. The number of carbonyl (C=O) groups is 2. The molecule has 0 aromatic heterocycles. The molecule has 2 atom stereocenters. The van der Waals surface area contributed by atoms with Crippen LogP contribution in [0.1, 0.15) is 35.2 Å². The van der Waals surface area contributed by atoms with Crippen LogP contribution in [0.15, 0.2) is 24.3 Å². The molecular weight excluding hydrogens is 232 g/mol. The highest BCUT2D eigenvalue weighted by Crippen LogP contribution is 2.49. The van der Waals surface area contributed by atoms with Gasteiger partial charge in [-0.2, -0.15) is 0 Å². The first-order valence-electron chi connectivity index (χ1n) is 6.03. The molecule has 1 saturated carbocycles. The zero-order valence-corrected chi connectivity index (χ0v) is 10.5. The van der Waals surface area contributed by atoms with E-state index in [0.717, 1.165) is 12.0 Å². The Hall–Kier alpha value is -1.84. The molecule has 1 aliphatic carbocycles. The summed E-state index contributed by atoms with van der Waals surface area (Å²) in [5.74, 6) is -0.572. The Kier molecular flexibility index (Phi) is 3.65. The third kappa shape index (κ3) is 2.37. The maximum absolute atomic E-state index is 11.6. The number of rotatable bonds is 4. The lowest BCUT2D eigenvalue weighted by Gasteiger charge is -2.07. The van der Waals surface area contributed by atoms with Gasteiger partial charge in [0.1, 0.15) is 0 Å². The Labute approximate surface area is 106 Å². The lowest BCUT2D eigenvalue weighted by Crippen LogP contribution is -2.09. The second-order valence-electron chi connectivity index (χ2n) is 4.28. The van der Waals surface area contributed by atoms with Crippen LogP contribution in [-0.4, -0.2) is 25.7 Å². The Balaban J connectivity index is 2.16. The number of hydrogen-bond acceptors (Lipinski definition) is 4. The van der Waals surface area contributed by atoms with Crippen LogP contribution in [0.25, 0.3) is 0 Å². The molecule has 0 aliphatic heterocycles. The third-order valence-electron chi connectivity index (χ3n) is 3.15. The van der Waals surface area contributed by atoms with Crippen molar-refractivity contribution < 1.29 is 19.1 Å². The second kappa shape index (κ2) is 5.21. The quantitative estimate of drug-likeness (QED) is 0.766. The standard InChI is InChI=1S/C14H16O4/c1-3-18-14(16)12-8-11(12)9-6-4-5-7-10(9)13(15)17-2/h4-7,11-12H,3,8H2,1-2H3/t11-,12+/m0/s1. The van der Waals surface area contributed by atoms with E-state index in [1.807, 2.05) is 12.1 Å². The molecule has 0 saturated heterocycles. The minimum absolute atomic E-state index is 0.0827. The van der Waals surface area contributed by atoms with Crippen molar-refractivity contribution in [2.45, 2.75) is 19.3 Å². The van der Waals surface area contributed by atoms with E-state index in [0.29, 0.717) is 12.2 Å². The van der Waals surface area contributed by atoms with Crippen LogP contribution in [0.3, 0.4) is 0 Å². The van der Waals surface area contributed by atoms with E-state index in [2.05, 4.69) is 0 Å². The summed E-state index contributed by atoms with van der Waals surface area (Å²) < 4.78 is 9.73. The Morgan fingerprint density at radius 3 is 2.72 bits per heavy atom. The van der Waals surface area contributed by atoms with Crippen molar-refractivity contribution in [2.24, 2.45) is 5.92 Å². The first-order chi connectivity index (χ1) is 8.69. The Bertz CT molecular complexity index is 467. The fourth-order valence-electron chi connectivity index (χ4n) is 2.16. The fraction of sp³-hybridized carbons (Fsp3) is 0.429. The molecule has 4 nitrogen and oxygen atoms in total. The summed E-state index contributed by atoms with van der Waals surface area (Å²) in [5.41, 5.74) is 1.42. The third-order valence-corrected chi connectivity index (χ3v) is 3.15. The highest BCUT2D eigenvalue weighted by molar-refractivity contribution is 5.92. The maximum Gasteiger partial charge on any atom is 0.338 e. The van der Waals surface area contributed by atoms with Gasteiger partial charge in [-0.15, -0.1) is 0 Å². The molecule has 2 rings (SSSR count). The van der Waals surface area contributed by atoms with Crippen molar-refractivity contribution >= 4 is 11.9 Å². The number of ether oxygens (including phenoxy) is 2. The minimum Gasteiger partial charge on any atom is -0.466 e. The van der Waals surface area contributed by atoms with Crippen molar-refractivity contribution in [3.05, 3.63) is 35.4 Å². The first-order valence-corrected chi connectivity index (χ1v) is 6.03. The predicted octanol–water partition coefficient (Wildman–Crippen LogP) is 2.14. The lowest BCUT2D eigenvalue weighted by molar-refractivity contribution is -0.144. The lowest BCUT2D eigenvalue weighted by atomic mass is 10.0. The van der Waals surface area contributed by atoms with E-state index in [1.54, 1.807) is 19.1 Å². The van der Waals surface area contributed by atoms with Crippen molar-refractivity contribution in [3.8, 4) is 0 Å². The van der Waals surface area contributed by atoms with Crippen LogP contribution in [0.4, 0.5) is 0 Å². The van der Waals surface area contributed by atoms with Crippen molar-refractivity contribution in [1.82, 2.24) is 0 Å². The molecule has 1 fully saturated rings. The topological polar surface area (TPSA) is 52.6 Å². The number of esters is 2. The summed E-state index contributed by atoms with van der Waals surface area (Å²) in [6, 6.07) is 7.25. The molecule has 1 aliphatic rings. The summed E-state index contributed by atoms with van der Waals surface area (Å²) in [6.07, 6.45) is 0.743. The van der Waals surface area contributed by atoms with Gasteiger partial charge in [0.2, 0.25) is 0 Å². The van der Waals surface area contributed by atoms with E-state index in [1.165, 1.54) is 7.11 Å². The normalized spacial score (nSPS) is 21.2. The zero-order chi connectivity index (χ0) is 13.1. The number of methoxy groups -OCH3 is 1. The molecule has 0 N–H and O–H groups in total. The summed E-state index contributed by atoms with van der Waals surface area (Å²) in [6.45, 7) is 2.18. The van der Waals surface area contributed by atoms with Crippen LogP contribution < -0.4 is 0 Å². The van der Waals surface area contributed by atoms with E-state index < -0.39 is 0 Å². The van der Waals surface area contributed by atoms with E-state index in [-0.39, 0.29) is 23.8 Å². The van der Waals surface area contributed by atoms with Gasteiger partial charge in [0, 0.05) is 0 Å². The Morgan fingerprint density at radius 1 is 1.33 bits per heavy atom. The van der Waals surface area contributed by atoms with Gasteiger partial charge in [-0.25, -0.2) is 4.79 Å². The van der Waals surface area contributed by atoms with Crippen LogP contribution in [0.5, 0.6) is 0 Å². The van der Waals surface area contributed by atoms with Crippen LogP contribution in [0, 0.1) is 5.92 Å². The van der Waals surface area contributed by atoms with Gasteiger partial charge in [0.25, 0.3) is 0 Å². The van der Waals surface area contributed by atoms with Gasteiger partial charge in [0.05, 0.1) is 25.2 Å². The van der Waals surface area contributed by atoms with Gasteiger partial charge < -0.3 is 9.47 Å². The van der Waals surface area contributed by atoms with Gasteiger partial charge >= 0.3 is 11.9 Å². The van der Waals surface area contributed by atoms with Crippen molar-refractivity contribution in [3.63, 3.8) is 0 Å². The Morgan fingerprint density at radius 2 is 2.06 bits per heavy atom. The smallest absolute Gasteiger partial charge is 0.338 e. The molecule has 0 bridgehead atoms. The van der Waals surface area contributed by atoms with Crippen LogP contribution in [0.2, 0.25) is 0 Å². The highest BCUT2D eigenvalue weighted by Gasteiger charge is 2.46. The largest absolute Gasteiger partial charge is 0.466 e. The molecule has 1 aromatic rings. The van der Waals surface area contributed by atoms with E-state index in [4.69, 9.17) is 9.47 Å². The number of benzene rings is 1. The van der Waals surface area contributed by atoms with Gasteiger partial charge in [-0.1, -0.05) is 18.2 Å². The molecule has 0 heterocycles. The van der Waals surface area contributed by atoms with Crippen LogP contribution in [-0.2, 0) is 14.3 Å². The van der Waals surface area contributed by atoms with Crippen LogP contribution >= 0.6 is 0 Å². The molecule has 1 aromatic carbocycles. The second-order valence-corrected chi connectivity index (χ2v) is 4.28. The molecule has 0 spiro atoms. The molecular formula is C14H16O4. The molecule has 4 heteroatoms. The molecule has 0 unspecified atom stereocenters. The van der Waals surface area contributed by atoms with E-state index in [9.17, 15) is 9.59 Å². The number of carbonyl (C=O) groups excluding carboxylic acids is 2. The number of hydrogen-bond donors (Lipinski definition) is 0. The molecule has 0 radical (unpaired) electrons. The predicted molar refractivity (Wildman–Crippen MR) is 65.3 cm³/mol. The van der Waals surface area contributed by atoms with E-state index >= 15 is 0 Å². The van der Waals surface area contributed by atoms with Gasteiger partial charge in [-0.3, -0.25) is 4.79 Å². The monoisotopic (exact) mass is 248 g/mol. The average molecular weight is 248 g/mol.